The van der Waals surface area contributed by atoms with E-state index in [9.17, 15) is 18.0 Å². The van der Waals surface area contributed by atoms with Gasteiger partial charge in [-0.05, 0) is 38.0 Å². The number of aromatic nitrogens is 2. The first kappa shape index (κ1) is 19.9. The van der Waals surface area contributed by atoms with Crippen molar-refractivity contribution >= 4 is 11.9 Å². The molecule has 0 radical (unpaired) electrons. The van der Waals surface area contributed by atoms with E-state index in [0.717, 1.165) is 18.9 Å². The van der Waals surface area contributed by atoms with Gasteiger partial charge in [-0.1, -0.05) is 12.1 Å². The number of carboxylic acid groups (broad SMARTS) is 1. The van der Waals surface area contributed by atoms with Crippen LogP contribution in [0.4, 0.5) is 19.1 Å². The highest BCUT2D eigenvalue weighted by Crippen LogP contribution is 2.36. The van der Waals surface area contributed by atoms with E-state index in [0.29, 0.717) is 24.7 Å². The molecule has 0 amide bonds. The Morgan fingerprint density at radius 3 is 2.79 bits per heavy atom. The molecule has 3 rings (SSSR count). The Balaban J connectivity index is 1.69. The fraction of sp³-hybridized carbons (Fsp3) is 0.421. The third kappa shape index (κ3) is 4.71. The van der Waals surface area contributed by atoms with Crippen molar-refractivity contribution in [2.24, 2.45) is 5.92 Å². The van der Waals surface area contributed by atoms with Crippen molar-refractivity contribution in [2.45, 2.75) is 25.9 Å². The van der Waals surface area contributed by atoms with Gasteiger partial charge < -0.3 is 14.7 Å². The van der Waals surface area contributed by atoms with Crippen LogP contribution in [0.5, 0.6) is 5.75 Å². The molecule has 0 aliphatic carbocycles. The van der Waals surface area contributed by atoms with Crippen molar-refractivity contribution in [1.29, 1.82) is 0 Å². The van der Waals surface area contributed by atoms with Gasteiger partial charge in [0, 0.05) is 24.7 Å². The highest BCUT2D eigenvalue weighted by molar-refractivity contribution is 5.85. The van der Waals surface area contributed by atoms with E-state index in [1.165, 1.54) is 24.3 Å². The Labute approximate surface area is 160 Å². The molecule has 0 bridgehead atoms. The average Bonchev–Trinajstić information content (AvgIpc) is 2.65. The van der Waals surface area contributed by atoms with Gasteiger partial charge in [-0.15, -0.1) is 0 Å². The summed E-state index contributed by atoms with van der Waals surface area (Å²) < 4.78 is 44.7. The first-order valence-electron chi connectivity index (χ1n) is 8.87. The molecule has 2 heterocycles. The third-order valence-corrected chi connectivity index (χ3v) is 4.53. The number of halogens is 3. The van der Waals surface area contributed by atoms with Crippen LogP contribution in [0.2, 0.25) is 0 Å². The molecule has 28 heavy (non-hydrogen) atoms. The third-order valence-electron chi connectivity index (χ3n) is 4.53. The van der Waals surface area contributed by atoms with E-state index < -0.39 is 17.7 Å². The van der Waals surface area contributed by atoms with E-state index in [-0.39, 0.29) is 24.0 Å². The minimum atomic E-state index is -4.47. The summed E-state index contributed by atoms with van der Waals surface area (Å²) >= 11 is 0. The number of rotatable bonds is 5. The molecule has 1 N–H and O–H groups in total. The highest BCUT2D eigenvalue weighted by Gasteiger charge is 2.34. The fourth-order valence-electron chi connectivity index (χ4n) is 3.22. The maximum absolute atomic E-state index is 13.1. The van der Waals surface area contributed by atoms with Crippen LogP contribution in [0.1, 0.15) is 34.6 Å². The predicted octanol–water partition coefficient (Wildman–Crippen LogP) is 3.80. The van der Waals surface area contributed by atoms with E-state index in [1.807, 2.05) is 4.90 Å². The second kappa shape index (κ2) is 8.04. The Morgan fingerprint density at radius 1 is 1.32 bits per heavy atom. The topological polar surface area (TPSA) is 75.5 Å². The van der Waals surface area contributed by atoms with E-state index in [4.69, 9.17) is 9.84 Å². The van der Waals surface area contributed by atoms with Crippen LogP contribution in [0.3, 0.4) is 0 Å². The van der Waals surface area contributed by atoms with Crippen LogP contribution in [0.25, 0.3) is 0 Å². The Morgan fingerprint density at radius 2 is 2.07 bits per heavy atom. The lowest BCUT2D eigenvalue weighted by atomic mass is 9.99. The number of carbonyl (C=O) groups is 1. The maximum atomic E-state index is 13.1. The molecule has 0 unspecified atom stereocenters. The van der Waals surface area contributed by atoms with Gasteiger partial charge in [0.1, 0.15) is 5.75 Å². The number of carboxylic acids is 1. The molecule has 1 fully saturated rings. The predicted molar refractivity (Wildman–Crippen MR) is 95.6 cm³/mol. The number of alkyl halides is 3. The van der Waals surface area contributed by atoms with Gasteiger partial charge in [-0.3, -0.25) is 0 Å². The number of hydrogen-bond donors (Lipinski definition) is 1. The number of hydrogen-bond acceptors (Lipinski definition) is 5. The molecule has 1 atom stereocenters. The number of nitrogens with zero attached hydrogens (tertiary/aromatic N) is 3. The number of ether oxygens (including phenoxy) is 1. The molecule has 6 nitrogen and oxygen atoms in total. The summed E-state index contributed by atoms with van der Waals surface area (Å²) in [7, 11) is 0. The molecule has 0 saturated carbocycles. The molecule has 1 aliphatic heterocycles. The Bertz CT molecular complexity index is 858. The lowest BCUT2D eigenvalue weighted by Crippen LogP contribution is -2.39. The first-order valence-corrected chi connectivity index (χ1v) is 8.87. The quantitative estimate of drug-likeness (QED) is 0.830. The zero-order valence-electron chi connectivity index (χ0n) is 15.2. The Kier molecular flexibility index (Phi) is 5.71. The van der Waals surface area contributed by atoms with E-state index in [2.05, 4.69) is 9.97 Å². The van der Waals surface area contributed by atoms with Crippen LogP contribution in [-0.2, 0) is 6.18 Å². The summed E-state index contributed by atoms with van der Waals surface area (Å²) in [5, 5.41) is 9.17. The van der Waals surface area contributed by atoms with Crippen molar-refractivity contribution in [1.82, 2.24) is 9.97 Å². The van der Waals surface area contributed by atoms with Crippen molar-refractivity contribution in [3.8, 4) is 5.75 Å². The first-order chi connectivity index (χ1) is 13.2. The number of piperidine rings is 1. The Hall–Kier alpha value is -2.84. The minimum absolute atomic E-state index is 0.0209. The van der Waals surface area contributed by atoms with Gasteiger partial charge in [0.15, 0.2) is 5.69 Å². The van der Waals surface area contributed by atoms with Gasteiger partial charge in [-0.2, -0.15) is 13.2 Å². The van der Waals surface area contributed by atoms with Gasteiger partial charge in [0.25, 0.3) is 0 Å². The molecule has 2 aromatic rings. The molecule has 1 aromatic carbocycles. The maximum Gasteiger partial charge on any atom is 0.419 e. The van der Waals surface area contributed by atoms with Gasteiger partial charge in [0.2, 0.25) is 5.95 Å². The minimum Gasteiger partial charge on any atom is -0.493 e. The number of benzene rings is 1. The molecule has 1 aliphatic rings. The van der Waals surface area contributed by atoms with Gasteiger partial charge in [-0.25, -0.2) is 14.8 Å². The molecular formula is C19H20F3N3O3. The number of aromatic carboxylic acids is 1. The molecule has 0 spiro atoms. The summed E-state index contributed by atoms with van der Waals surface area (Å²) in [4.78, 5) is 21.4. The van der Waals surface area contributed by atoms with Crippen molar-refractivity contribution in [3.05, 3.63) is 47.3 Å². The van der Waals surface area contributed by atoms with Crippen LogP contribution < -0.4 is 9.64 Å². The monoisotopic (exact) mass is 395 g/mol. The zero-order valence-corrected chi connectivity index (χ0v) is 15.2. The van der Waals surface area contributed by atoms with Crippen LogP contribution >= 0.6 is 0 Å². The van der Waals surface area contributed by atoms with Crippen LogP contribution in [0.15, 0.2) is 30.3 Å². The zero-order chi connectivity index (χ0) is 20.3. The van der Waals surface area contributed by atoms with Crippen molar-refractivity contribution < 1.29 is 27.8 Å². The summed E-state index contributed by atoms with van der Waals surface area (Å²) in [5.74, 6) is -1.02. The van der Waals surface area contributed by atoms with Gasteiger partial charge >= 0.3 is 12.1 Å². The van der Waals surface area contributed by atoms with E-state index in [1.54, 1.807) is 6.92 Å². The van der Waals surface area contributed by atoms with E-state index >= 15 is 0 Å². The van der Waals surface area contributed by atoms with Crippen LogP contribution in [0, 0.1) is 12.8 Å². The van der Waals surface area contributed by atoms with Crippen molar-refractivity contribution in [3.63, 3.8) is 0 Å². The molecule has 150 valence electrons. The number of para-hydroxylation sites is 1. The lowest BCUT2D eigenvalue weighted by molar-refractivity contribution is -0.139. The fourth-order valence-corrected chi connectivity index (χ4v) is 3.22. The lowest BCUT2D eigenvalue weighted by Gasteiger charge is -2.33. The summed E-state index contributed by atoms with van der Waals surface area (Å²) in [5.41, 5.74) is -0.337. The number of aryl methyl sites for hydroxylation is 1. The number of anilines is 1. The SMILES string of the molecule is Cc1cc(C(=O)O)nc(N2CCC[C@@H](COc3ccccc3C(F)(F)F)C2)n1. The van der Waals surface area contributed by atoms with Crippen LogP contribution in [-0.4, -0.2) is 40.7 Å². The summed E-state index contributed by atoms with van der Waals surface area (Å²) in [6, 6.07) is 6.53. The average molecular weight is 395 g/mol. The molecule has 1 aromatic heterocycles. The smallest absolute Gasteiger partial charge is 0.419 e. The second-order valence-electron chi connectivity index (χ2n) is 6.76. The molecule has 9 heteroatoms. The molecular weight excluding hydrogens is 375 g/mol. The molecule has 1 saturated heterocycles. The summed E-state index contributed by atoms with van der Waals surface area (Å²) in [6.45, 7) is 2.95. The van der Waals surface area contributed by atoms with Crippen molar-refractivity contribution in [2.75, 3.05) is 24.6 Å². The normalized spacial score (nSPS) is 17.4. The largest absolute Gasteiger partial charge is 0.493 e. The standard InChI is InChI=1S/C19H20F3N3O3/c1-12-9-15(17(26)27)24-18(23-12)25-8-4-5-13(10-25)11-28-16-7-3-2-6-14(16)19(20,21)22/h2-3,6-7,9,13H,4-5,8,10-11H2,1H3,(H,26,27)/t13-/m1/s1. The summed E-state index contributed by atoms with van der Waals surface area (Å²) in [6.07, 6.45) is -2.89. The highest BCUT2D eigenvalue weighted by atomic mass is 19.4. The van der Waals surface area contributed by atoms with Gasteiger partial charge in [0.05, 0.1) is 12.2 Å². The second-order valence-corrected chi connectivity index (χ2v) is 6.76.